The van der Waals surface area contributed by atoms with E-state index in [1.54, 1.807) is 0 Å². The topological polar surface area (TPSA) is 52.3 Å². The minimum absolute atomic E-state index is 0.129. The van der Waals surface area contributed by atoms with Gasteiger partial charge < -0.3 is 9.15 Å². The molecule has 1 heterocycles. The van der Waals surface area contributed by atoms with E-state index in [-0.39, 0.29) is 16.1 Å². The Morgan fingerprint density at radius 2 is 2.00 bits per heavy atom. The first-order valence-corrected chi connectivity index (χ1v) is 7.00. The number of ether oxygens (including phenoxy) is 1. The number of oxazole rings is 1. The van der Waals surface area contributed by atoms with Gasteiger partial charge in [0, 0.05) is 4.47 Å². The quantitative estimate of drug-likeness (QED) is 0.770. The van der Waals surface area contributed by atoms with Crippen LogP contribution >= 0.6 is 15.9 Å². The fourth-order valence-electron chi connectivity index (χ4n) is 1.86. The molecule has 0 unspecified atom stereocenters. The lowest BCUT2D eigenvalue weighted by Gasteiger charge is -2.01. The van der Waals surface area contributed by atoms with Crippen molar-refractivity contribution in [1.82, 2.24) is 4.98 Å². The van der Waals surface area contributed by atoms with Gasteiger partial charge in [0.05, 0.1) is 12.8 Å². The number of hydrogen-bond donors (Lipinski definition) is 0. The average Bonchev–Trinajstić information content (AvgIpc) is 2.81. The predicted molar refractivity (Wildman–Crippen MR) is 74.9 cm³/mol. The summed E-state index contributed by atoms with van der Waals surface area (Å²) in [6.07, 6.45) is 1.13. The average molecular weight is 360 g/mol. The first-order valence-electron chi connectivity index (χ1n) is 6.20. The Morgan fingerprint density at radius 1 is 1.38 bits per heavy atom. The van der Waals surface area contributed by atoms with E-state index in [1.807, 2.05) is 6.92 Å². The van der Waals surface area contributed by atoms with Crippen molar-refractivity contribution in [1.29, 1.82) is 0 Å². The van der Waals surface area contributed by atoms with Gasteiger partial charge in [-0.15, -0.1) is 0 Å². The van der Waals surface area contributed by atoms with Crippen molar-refractivity contribution in [3.63, 3.8) is 0 Å². The van der Waals surface area contributed by atoms with E-state index in [0.29, 0.717) is 18.5 Å². The highest BCUT2D eigenvalue weighted by molar-refractivity contribution is 9.10. The van der Waals surface area contributed by atoms with Crippen molar-refractivity contribution in [3.05, 3.63) is 39.7 Å². The Hall–Kier alpha value is -1.76. The van der Waals surface area contributed by atoms with Gasteiger partial charge in [0.1, 0.15) is 17.2 Å². The minimum Gasteiger partial charge on any atom is -0.463 e. The first kappa shape index (κ1) is 15.6. The largest absolute Gasteiger partial charge is 0.463 e. The van der Waals surface area contributed by atoms with E-state index < -0.39 is 23.2 Å². The Labute approximate surface area is 128 Å². The zero-order valence-electron chi connectivity index (χ0n) is 11.4. The number of halogens is 3. The van der Waals surface area contributed by atoms with Crippen molar-refractivity contribution < 1.29 is 22.7 Å². The standard InChI is InChI=1S/C14H12BrF2NO3/c1-3-4-10-12(14(19)20-2)21-13(18-10)11-8(16)5-7(15)6-9(11)17/h5-6H,3-4H2,1-2H3. The molecule has 2 rings (SSSR count). The molecular formula is C14H12BrF2NO3. The normalized spacial score (nSPS) is 10.7. The molecule has 112 valence electrons. The Morgan fingerprint density at radius 3 is 2.52 bits per heavy atom. The van der Waals surface area contributed by atoms with Crippen LogP contribution in [0.25, 0.3) is 11.5 Å². The molecule has 1 aromatic carbocycles. The van der Waals surface area contributed by atoms with Crippen LogP contribution in [-0.2, 0) is 11.2 Å². The number of benzene rings is 1. The van der Waals surface area contributed by atoms with Crippen molar-refractivity contribution in [2.24, 2.45) is 0 Å². The van der Waals surface area contributed by atoms with Gasteiger partial charge in [0.2, 0.25) is 11.7 Å². The van der Waals surface area contributed by atoms with Gasteiger partial charge in [0.15, 0.2) is 0 Å². The monoisotopic (exact) mass is 359 g/mol. The lowest BCUT2D eigenvalue weighted by atomic mass is 10.2. The summed E-state index contributed by atoms with van der Waals surface area (Å²) in [7, 11) is 1.20. The third-order valence-corrected chi connectivity index (χ3v) is 3.23. The van der Waals surface area contributed by atoms with Crippen LogP contribution in [0, 0.1) is 11.6 Å². The van der Waals surface area contributed by atoms with E-state index in [4.69, 9.17) is 4.42 Å². The van der Waals surface area contributed by atoms with Crippen molar-refractivity contribution >= 4 is 21.9 Å². The summed E-state index contributed by atoms with van der Waals surface area (Å²) in [6.45, 7) is 1.89. The van der Waals surface area contributed by atoms with Gasteiger partial charge in [-0.3, -0.25) is 0 Å². The van der Waals surface area contributed by atoms with Gasteiger partial charge in [0.25, 0.3) is 0 Å². The number of methoxy groups -OCH3 is 1. The molecule has 0 saturated heterocycles. The molecule has 2 aromatic rings. The van der Waals surface area contributed by atoms with Crippen molar-refractivity contribution in [2.75, 3.05) is 7.11 Å². The number of aromatic nitrogens is 1. The second-order valence-electron chi connectivity index (χ2n) is 4.28. The van der Waals surface area contributed by atoms with E-state index in [2.05, 4.69) is 25.7 Å². The maximum atomic E-state index is 13.9. The summed E-state index contributed by atoms with van der Waals surface area (Å²) in [5.41, 5.74) is -0.0909. The van der Waals surface area contributed by atoms with Gasteiger partial charge in [-0.2, -0.15) is 0 Å². The zero-order valence-corrected chi connectivity index (χ0v) is 13.0. The smallest absolute Gasteiger partial charge is 0.376 e. The molecule has 0 aliphatic carbocycles. The number of carbonyl (C=O) groups excluding carboxylic acids is 1. The van der Waals surface area contributed by atoms with Crippen LogP contribution in [0.2, 0.25) is 0 Å². The molecule has 4 nitrogen and oxygen atoms in total. The number of nitrogens with zero attached hydrogens (tertiary/aromatic N) is 1. The zero-order chi connectivity index (χ0) is 15.6. The first-order chi connectivity index (χ1) is 9.97. The summed E-state index contributed by atoms with van der Waals surface area (Å²) < 4.78 is 37.9. The fourth-order valence-corrected chi connectivity index (χ4v) is 2.27. The number of esters is 1. The van der Waals surface area contributed by atoms with Crippen LogP contribution in [0.1, 0.15) is 29.6 Å². The van der Waals surface area contributed by atoms with E-state index in [1.165, 1.54) is 7.11 Å². The minimum atomic E-state index is -0.831. The summed E-state index contributed by atoms with van der Waals surface area (Å²) >= 11 is 2.99. The molecular weight excluding hydrogens is 348 g/mol. The maximum Gasteiger partial charge on any atom is 0.376 e. The number of hydrogen-bond acceptors (Lipinski definition) is 4. The molecule has 0 fully saturated rings. The van der Waals surface area contributed by atoms with Gasteiger partial charge in [-0.1, -0.05) is 29.3 Å². The van der Waals surface area contributed by atoms with Gasteiger partial charge in [-0.25, -0.2) is 18.6 Å². The molecule has 0 spiro atoms. The summed E-state index contributed by atoms with van der Waals surface area (Å²) in [5.74, 6) is -2.79. The SMILES string of the molecule is CCCc1nc(-c2c(F)cc(Br)cc2F)oc1C(=O)OC. The lowest BCUT2D eigenvalue weighted by Crippen LogP contribution is -2.03. The lowest BCUT2D eigenvalue weighted by molar-refractivity contribution is 0.0564. The van der Waals surface area contributed by atoms with E-state index in [9.17, 15) is 13.6 Å². The maximum absolute atomic E-state index is 13.9. The third-order valence-electron chi connectivity index (χ3n) is 2.78. The van der Waals surface area contributed by atoms with E-state index in [0.717, 1.165) is 12.1 Å². The molecule has 0 atom stereocenters. The van der Waals surface area contributed by atoms with Crippen molar-refractivity contribution in [2.45, 2.75) is 19.8 Å². The molecule has 0 aliphatic heterocycles. The summed E-state index contributed by atoms with van der Waals surface area (Å²) in [5, 5.41) is 0. The molecule has 0 amide bonds. The highest BCUT2D eigenvalue weighted by Crippen LogP contribution is 2.30. The van der Waals surface area contributed by atoms with Crippen LogP contribution in [0.3, 0.4) is 0 Å². The summed E-state index contributed by atoms with van der Waals surface area (Å²) in [4.78, 5) is 15.7. The third kappa shape index (κ3) is 3.12. The van der Waals surface area contributed by atoms with Gasteiger partial charge in [-0.05, 0) is 18.6 Å². The molecule has 7 heteroatoms. The molecule has 1 aromatic heterocycles. The van der Waals surface area contributed by atoms with E-state index >= 15 is 0 Å². The second kappa shape index (κ2) is 6.34. The van der Waals surface area contributed by atoms with Crippen LogP contribution in [0.4, 0.5) is 8.78 Å². The fraction of sp³-hybridized carbons (Fsp3) is 0.286. The van der Waals surface area contributed by atoms with Gasteiger partial charge >= 0.3 is 5.97 Å². The Balaban J connectivity index is 2.58. The van der Waals surface area contributed by atoms with Crippen LogP contribution in [0.5, 0.6) is 0 Å². The van der Waals surface area contributed by atoms with Crippen LogP contribution in [-0.4, -0.2) is 18.1 Å². The number of carbonyl (C=O) groups is 1. The molecule has 0 saturated carbocycles. The van der Waals surface area contributed by atoms with Crippen LogP contribution in [0.15, 0.2) is 21.0 Å². The predicted octanol–water partition coefficient (Wildman–Crippen LogP) is 4.12. The van der Waals surface area contributed by atoms with Crippen LogP contribution < -0.4 is 0 Å². The molecule has 0 N–H and O–H groups in total. The molecule has 0 bridgehead atoms. The summed E-state index contributed by atoms with van der Waals surface area (Å²) in [6, 6.07) is 2.19. The Kier molecular flexibility index (Phi) is 4.72. The Bertz CT molecular complexity index is 662. The highest BCUT2D eigenvalue weighted by Gasteiger charge is 2.24. The number of rotatable bonds is 4. The molecule has 0 radical (unpaired) electrons. The molecule has 0 aliphatic rings. The second-order valence-corrected chi connectivity index (χ2v) is 5.20. The number of aryl methyl sites for hydroxylation is 1. The highest BCUT2D eigenvalue weighted by atomic mass is 79.9. The van der Waals surface area contributed by atoms with Crippen molar-refractivity contribution in [3.8, 4) is 11.5 Å². The molecule has 21 heavy (non-hydrogen) atoms.